The molecule has 3 nitrogen and oxygen atoms in total. The summed E-state index contributed by atoms with van der Waals surface area (Å²) < 4.78 is 5.70. The van der Waals surface area contributed by atoms with Crippen LogP contribution in [0.15, 0.2) is 59.8 Å². The number of oxime groups is 1. The molecule has 0 heterocycles. The van der Waals surface area contributed by atoms with Crippen LogP contribution >= 0.6 is 0 Å². The van der Waals surface area contributed by atoms with E-state index in [-0.39, 0.29) is 0 Å². The molecule has 0 aliphatic carbocycles. The first kappa shape index (κ1) is 11.2. The smallest absolute Gasteiger partial charge is 0.128 e. The minimum absolute atomic E-state index is 0.774. The molecule has 0 bridgehead atoms. The summed E-state index contributed by atoms with van der Waals surface area (Å²) in [5, 5.41) is 3.71. The van der Waals surface area contributed by atoms with E-state index in [1.807, 2.05) is 54.6 Å². The SMILES string of the molecule is CO/N=C/c1cccc(Oc2ccccc2)c1. The third-order valence-corrected chi connectivity index (χ3v) is 2.14. The second kappa shape index (κ2) is 5.70. The van der Waals surface area contributed by atoms with Crippen LogP contribution in [0.25, 0.3) is 0 Å². The van der Waals surface area contributed by atoms with Crippen molar-refractivity contribution < 1.29 is 9.57 Å². The summed E-state index contributed by atoms with van der Waals surface area (Å²) in [7, 11) is 1.51. The van der Waals surface area contributed by atoms with Crippen molar-refractivity contribution in [1.82, 2.24) is 0 Å². The van der Waals surface area contributed by atoms with Gasteiger partial charge in [-0.25, -0.2) is 0 Å². The van der Waals surface area contributed by atoms with Crippen LogP contribution in [0.2, 0.25) is 0 Å². The fourth-order valence-electron chi connectivity index (χ4n) is 1.40. The molecule has 0 aliphatic heterocycles. The highest BCUT2D eigenvalue weighted by atomic mass is 16.6. The van der Waals surface area contributed by atoms with Crippen LogP contribution in [-0.2, 0) is 4.84 Å². The average molecular weight is 227 g/mol. The van der Waals surface area contributed by atoms with Gasteiger partial charge in [0.05, 0.1) is 6.21 Å². The van der Waals surface area contributed by atoms with Gasteiger partial charge in [0.2, 0.25) is 0 Å². The van der Waals surface area contributed by atoms with Gasteiger partial charge >= 0.3 is 0 Å². The molecule has 2 aromatic carbocycles. The minimum atomic E-state index is 0.774. The Kier molecular flexibility index (Phi) is 3.76. The summed E-state index contributed by atoms with van der Waals surface area (Å²) in [5.41, 5.74) is 0.931. The summed E-state index contributed by atoms with van der Waals surface area (Å²) in [6.07, 6.45) is 1.64. The third kappa shape index (κ3) is 3.34. The van der Waals surface area contributed by atoms with Crippen molar-refractivity contribution >= 4 is 6.21 Å². The van der Waals surface area contributed by atoms with E-state index < -0.39 is 0 Å². The van der Waals surface area contributed by atoms with E-state index in [0.717, 1.165) is 17.1 Å². The van der Waals surface area contributed by atoms with Gasteiger partial charge in [0.25, 0.3) is 0 Å². The second-order valence-corrected chi connectivity index (χ2v) is 3.40. The lowest BCUT2D eigenvalue weighted by atomic mass is 10.2. The topological polar surface area (TPSA) is 30.8 Å². The Morgan fingerprint density at radius 1 is 0.941 bits per heavy atom. The number of rotatable bonds is 4. The zero-order chi connectivity index (χ0) is 11.9. The third-order valence-electron chi connectivity index (χ3n) is 2.14. The highest BCUT2D eigenvalue weighted by Gasteiger charge is 1.97. The standard InChI is InChI=1S/C14H13NO2/c1-16-15-11-12-6-5-9-14(10-12)17-13-7-3-2-4-8-13/h2-11H,1H3/b15-11+. The van der Waals surface area contributed by atoms with Crippen LogP contribution in [0.5, 0.6) is 11.5 Å². The first-order valence-corrected chi connectivity index (χ1v) is 5.28. The van der Waals surface area contributed by atoms with E-state index in [0.29, 0.717) is 0 Å². The molecule has 0 aliphatic rings. The number of nitrogens with zero attached hydrogens (tertiary/aromatic N) is 1. The average Bonchev–Trinajstić information content (AvgIpc) is 2.38. The fraction of sp³-hybridized carbons (Fsp3) is 0.0714. The van der Waals surface area contributed by atoms with Gasteiger partial charge in [-0.05, 0) is 29.8 Å². The molecule has 0 aromatic heterocycles. The van der Waals surface area contributed by atoms with Crippen LogP contribution in [0.1, 0.15) is 5.56 Å². The normalized spacial score (nSPS) is 10.4. The zero-order valence-corrected chi connectivity index (χ0v) is 9.54. The molecule has 0 unspecified atom stereocenters. The van der Waals surface area contributed by atoms with Gasteiger partial charge in [-0.1, -0.05) is 35.5 Å². The van der Waals surface area contributed by atoms with Gasteiger partial charge in [-0.2, -0.15) is 0 Å². The Labute approximate surface area is 100 Å². The molecule has 0 amide bonds. The Morgan fingerprint density at radius 2 is 1.71 bits per heavy atom. The van der Waals surface area contributed by atoms with Crippen molar-refractivity contribution in [1.29, 1.82) is 0 Å². The molecule has 0 saturated heterocycles. The second-order valence-electron chi connectivity index (χ2n) is 3.40. The van der Waals surface area contributed by atoms with E-state index in [9.17, 15) is 0 Å². The maximum atomic E-state index is 5.70. The van der Waals surface area contributed by atoms with Crippen molar-refractivity contribution in [2.75, 3.05) is 7.11 Å². The first-order chi connectivity index (χ1) is 8.38. The Bertz CT molecular complexity index is 495. The Hall–Kier alpha value is -2.29. The molecular weight excluding hydrogens is 214 g/mol. The molecule has 0 atom stereocenters. The van der Waals surface area contributed by atoms with Crippen LogP contribution in [0.3, 0.4) is 0 Å². The molecule has 3 heteroatoms. The zero-order valence-electron chi connectivity index (χ0n) is 9.54. The van der Waals surface area contributed by atoms with Crippen molar-refractivity contribution in [2.45, 2.75) is 0 Å². The van der Waals surface area contributed by atoms with Crippen molar-refractivity contribution in [3.05, 3.63) is 60.2 Å². The predicted molar refractivity (Wildman–Crippen MR) is 67.6 cm³/mol. The molecule has 86 valence electrons. The molecule has 2 rings (SSSR count). The van der Waals surface area contributed by atoms with Gasteiger partial charge in [0.1, 0.15) is 18.6 Å². The quantitative estimate of drug-likeness (QED) is 0.591. The van der Waals surface area contributed by atoms with Gasteiger partial charge < -0.3 is 9.57 Å². The van der Waals surface area contributed by atoms with Crippen molar-refractivity contribution in [3.8, 4) is 11.5 Å². The maximum absolute atomic E-state index is 5.70. The molecule has 0 saturated carbocycles. The molecule has 17 heavy (non-hydrogen) atoms. The molecule has 0 radical (unpaired) electrons. The number of ether oxygens (including phenoxy) is 1. The number of benzene rings is 2. The van der Waals surface area contributed by atoms with E-state index in [1.165, 1.54) is 7.11 Å². The van der Waals surface area contributed by atoms with Gasteiger partial charge in [-0.15, -0.1) is 0 Å². The van der Waals surface area contributed by atoms with Crippen LogP contribution in [0.4, 0.5) is 0 Å². The highest BCUT2D eigenvalue weighted by Crippen LogP contribution is 2.21. The van der Waals surface area contributed by atoms with E-state index >= 15 is 0 Å². The number of hydrogen-bond acceptors (Lipinski definition) is 3. The van der Waals surface area contributed by atoms with E-state index in [2.05, 4.69) is 9.99 Å². The van der Waals surface area contributed by atoms with Crippen LogP contribution in [-0.4, -0.2) is 13.3 Å². The summed E-state index contributed by atoms with van der Waals surface area (Å²) >= 11 is 0. The molecule has 0 spiro atoms. The Balaban J connectivity index is 2.14. The van der Waals surface area contributed by atoms with Crippen LogP contribution in [0, 0.1) is 0 Å². The van der Waals surface area contributed by atoms with Gasteiger partial charge in [0, 0.05) is 0 Å². The number of hydrogen-bond donors (Lipinski definition) is 0. The lowest BCUT2D eigenvalue weighted by molar-refractivity contribution is 0.215. The molecule has 0 fully saturated rings. The number of para-hydroxylation sites is 1. The largest absolute Gasteiger partial charge is 0.457 e. The predicted octanol–water partition coefficient (Wildman–Crippen LogP) is 3.46. The summed E-state index contributed by atoms with van der Waals surface area (Å²) in [5.74, 6) is 1.59. The van der Waals surface area contributed by atoms with Gasteiger partial charge in [0.15, 0.2) is 0 Å². The molecule has 2 aromatic rings. The lowest BCUT2D eigenvalue weighted by Gasteiger charge is -2.05. The maximum Gasteiger partial charge on any atom is 0.128 e. The summed E-state index contributed by atoms with van der Waals surface area (Å²) in [6.45, 7) is 0. The van der Waals surface area contributed by atoms with Crippen molar-refractivity contribution in [2.24, 2.45) is 5.16 Å². The molecular formula is C14H13NO2. The summed E-state index contributed by atoms with van der Waals surface area (Å²) in [6, 6.07) is 17.3. The monoisotopic (exact) mass is 227 g/mol. The van der Waals surface area contributed by atoms with E-state index in [1.54, 1.807) is 6.21 Å². The van der Waals surface area contributed by atoms with Crippen molar-refractivity contribution in [3.63, 3.8) is 0 Å². The summed E-state index contributed by atoms with van der Waals surface area (Å²) in [4.78, 5) is 4.63. The fourth-order valence-corrected chi connectivity index (χ4v) is 1.40. The van der Waals surface area contributed by atoms with Crippen LogP contribution < -0.4 is 4.74 Å². The highest BCUT2D eigenvalue weighted by molar-refractivity contribution is 5.79. The van der Waals surface area contributed by atoms with E-state index in [4.69, 9.17) is 4.74 Å². The first-order valence-electron chi connectivity index (χ1n) is 5.28. The minimum Gasteiger partial charge on any atom is -0.457 e. The Morgan fingerprint density at radius 3 is 2.47 bits per heavy atom. The van der Waals surface area contributed by atoms with Gasteiger partial charge in [-0.3, -0.25) is 0 Å². The lowest BCUT2D eigenvalue weighted by Crippen LogP contribution is -1.86. The molecule has 0 N–H and O–H groups in total.